The van der Waals surface area contributed by atoms with E-state index in [0.717, 1.165) is 22.4 Å². The Morgan fingerprint density at radius 3 is 2.41 bits per heavy atom. The number of nitrogens with zero attached hydrogens (tertiary/aromatic N) is 1. The highest BCUT2D eigenvalue weighted by molar-refractivity contribution is 6.12. The van der Waals surface area contributed by atoms with Crippen LogP contribution in [0.2, 0.25) is 0 Å². The molecule has 4 nitrogen and oxygen atoms in total. The third kappa shape index (κ3) is 4.12. The van der Waals surface area contributed by atoms with Crippen LogP contribution in [0.4, 0.5) is 0 Å². The van der Waals surface area contributed by atoms with Crippen molar-refractivity contribution in [3.63, 3.8) is 0 Å². The molecule has 0 N–H and O–H groups in total. The van der Waals surface area contributed by atoms with E-state index in [0.29, 0.717) is 12.5 Å². The van der Waals surface area contributed by atoms with E-state index in [2.05, 4.69) is 4.99 Å². The molecule has 0 unspecified atom stereocenters. The second-order valence-electron chi connectivity index (χ2n) is 6.05. The molecular weight excluding hydrogens is 338 g/mol. The first-order valence-corrected chi connectivity index (χ1v) is 8.63. The summed E-state index contributed by atoms with van der Waals surface area (Å²) in [7, 11) is 0. The number of cyclic esters (lactones) is 1. The maximum atomic E-state index is 12.1. The van der Waals surface area contributed by atoms with Crippen molar-refractivity contribution < 1.29 is 14.3 Å². The summed E-state index contributed by atoms with van der Waals surface area (Å²) in [6.45, 7) is 0.485. The molecule has 0 amide bonds. The molecule has 3 aromatic rings. The summed E-state index contributed by atoms with van der Waals surface area (Å²) in [5.41, 5.74) is 2.96. The summed E-state index contributed by atoms with van der Waals surface area (Å²) < 4.78 is 11.1. The first-order valence-electron chi connectivity index (χ1n) is 8.63. The Hall–Kier alpha value is -3.66. The Kier molecular flexibility index (Phi) is 4.79. The third-order valence-corrected chi connectivity index (χ3v) is 4.05. The Balaban J connectivity index is 1.52. The van der Waals surface area contributed by atoms with E-state index >= 15 is 0 Å². The standard InChI is InChI=1S/C23H17NO3/c25-23-21(24-22(27-23)19-11-5-2-6-12-19)15-18-10-7-13-20(14-18)26-16-17-8-3-1-4-9-17/h1-15H,16H2. The second-order valence-corrected chi connectivity index (χ2v) is 6.05. The van der Waals surface area contributed by atoms with Crippen molar-refractivity contribution in [2.45, 2.75) is 6.61 Å². The molecule has 4 heteroatoms. The Bertz CT molecular complexity index is 1010. The number of rotatable bonds is 5. The van der Waals surface area contributed by atoms with Crippen molar-refractivity contribution in [2.24, 2.45) is 4.99 Å². The third-order valence-electron chi connectivity index (χ3n) is 4.05. The van der Waals surface area contributed by atoms with Gasteiger partial charge in [-0.1, -0.05) is 60.7 Å². The molecule has 27 heavy (non-hydrogen) atoms. The highest BCUT2D eigenvalue weighted by Crippen LogP contribution is 2.21. The Morgan fingerprint density at radius 2 is 1.63 bits per heavy atom. The van der Waals surface area contributed by atoms with Crippen molar-refractivity contribution in [1.82, 2.24) is 0 Å². The van der Waals surface area contributed by atoms with E-state index in [1.54, 1.807) is 6.08 Å². The minimum absolute atomic E-state index is 0.272. The first-order chi connectivity index (χ1) is 13.3. The number of hydrogen-bond acceptors (Lipinski definition) is 4. The van der Waals surface area contributed by atoms with Crippen LogP contribution in [0.5, 0.6) is 5.75 Å². The molecule has 3 aromatic carbocycles. The molecule has 0 saturated heterocycles. The molecule has 1 aliphatic heterocycles. The van der Waals surface area contributed by atoms with Crippen LogP contribution >= 0.6 is 0 Å². The van der Waals surface area contributed by atoms with Crippen LogP contribution in [0.15, 0.2) is 95.6 Å². The molecule has 1 aliphatic rings. The number of hydrogen-bond donors (Lipinski definition) is 0. The van der Waals surface area contributed by atoms with Gasteiger partial charge in [0.05, 0.1) is 0 Å². The van der Waals surface area contributed by atoms with Crippen LogP contribution < -0.4 is 4.74 Å². The van der Waals surface area contributed by atoms with Crippen LogP contribution in [0, 0.1) is 0 Å². The van der Waals surface area contributed by atoms with Gasteiger partial charge in [0.15, 0.2) is 5.70 Å². The topological polar surface area (TPSA) is 47.9 Å². The van der Waals surface area contributed by atoms with Gasteiger partial charge in [-0.25, -0.2) is 9.79 Å². The van der Waals surface area contributed by atoms with Gasteiger partial charge >= 0.3 is 5.97 Å². The SMILES string of the molecule is O=C1OC(c2ccccc2)=NC1=Cc1cccc(OCc2ccccc2)c1. The molecule has 0 saturated carbocycles. The largest absolute Gasteiger partial charge is 0.489 e. The molecule has 0 bridgehead atoms. The number of aliphatic imine (C=N–C) groups is 1. The van der Waals surface area contributed by atoms with Gasteiger partial charge in [0, 0.05) is 5.56 Å². The van der Waals surface area contributed by atoms with E-state index in [4.69, 9.17) is 9.47 Å². The summed E-state index contributed by atoms with van der Waals surface area (Å²) in [5, 5.41) is 0. The minimum atomic E-state index is -0.454. The van der Waals surface area contributed by atoms with Crippen LogP contribution in [-0.4, -0.2) is 11.9 Å². The average molecular weight is 355 g/mol. The molecule has 132 valence electrons. The van der Waals surface area contributed by atoms with E-state index in [9.17, 15) is 4.79 Å². The fourth-order valence-electron chi connectivity index (χ4n) is 2.71. The van der Waals surface area contributed by atoms with Crippen molar-refractivity contribution in [3.05, 3.63) is 107 Å². The lowest BCUT2D eigenvalue weighted by molar-refractivity contribution is -0.129. The fourth-order valence-corrected chi connectivity index (χ4v) is 2.71. The summed E-state index contributed by atoms with van der Waals surface area (Å²) in [6.07, 6.45) is 1.70. The summed E-state index contributed by atoms with van der Waals surface area (Å²) in [5.74, 6) is 0.597. The van der Waals surface area contributed by atoms with Gasteiger partial charge in [0.25, 0.3) is 0 Å². The number of esters is 1. The van der Waals surface area contributed by atoms with Gasteiger partial charge in [-0.05, 0) is 41.5 Å². The molecule has 4 rings (SSSR count). The lowest BCUT2D eigenvalue weighted by atomic mass is 10.2. The zero-order chi connectivity index (χ0) is 18.5. The molecule has 0 fully saturated rings. The zero-order valence-corrected chi connectivity index (χ0v) is 14.5. The van der Waals surface area contributed by atoms with Gasteiger partial charge in [0.2, 0.25) is 5.90 Å². The van der Waals surface area contributed by atoms with E-state index < -0.39 is 5.97 Å². The second kappa shape index (κ2) is 7.70. The van der Waals surface area contributed by atoms with Gasteiger partial charge in [-0.3, -0.25) is 0 Å². The highest BCUT2D eigenvalue weighted by atomic mass is 16.6. The normalized spacial score (nSPS) is 14.7. The predicted octanol–water partition coefficient (Wildman–Crippen LogP) is 4.61. The lowest BCUT2D eigenvalue weighted by Gasteiger charge is -2.07. The summed E-state index contributed by atoms with van der Waals surface area (Å²) in [4.78, 5) is 16.4. The zero-order valence-electron chi connectivity index (χ0n) is 14.5. The van der Waals surface area contributed by atoms with Crippen molar-refractivity contribution in [2.75, 3.05) is 0 Å². The molecule has 1 heterocycles. The van der Waals surface area contributed by atoms with Gasteiger partial charge in [-0.2, -0.15) is 0 Å². The van der Waals surface area contributed by atoms with Crippen molar-refractivity contribution in [1.29, 1.82) is 0 Å². The summed E-state index contributed by atoms with van der Waals surface area (Å²) >= 11 is 0. The molecule has 0 atom stereocenters. The Labute approximate surface area is 157 Å². The molecular formula is C23H17NO3. The highest BCUT2D eigenvalue weighted by Gasteiger charge is 2.23. The van der Waals surface area contributed by atoms with Crippen LogP contribution in [0.25, 0.3) is 6.08 Å². The Morgan fingerprint density at radius 1 is 0.889 bits per heavy atom. The molecule has 0 radical (unpaired) electrons. The van der Waals surface area contributed by atoms with Gasteiger partial charge < -0.3 is 9.47 Å². The smallest absolute Gasteiger partial charge is 0.363 e. The average Bonchev–Trinajstić information content (AvgIpc) is 3.09. The predicted molar refractivity (Wildman–Crippen MR) is 104 cm³/mol. The number of carbonyl (C=O) groups excluding carboxylic acids is 1. The van der Waals surface area contributed by atoms with E-state index in [1.807, 2.05) is 84.9 Å². The number of ether oxygens (including phenoxy) is 2. The van der Waals surface area contributed by atoms with Gasteiger partial charge in [-0.15, -0.1) is 0 Å². The van der Waals surface area contributed by atoms with E-state index in [-0.39, 0.29) is 5.70 Å². The van der Waals surface area contributed by atoms with Crippen molar-refractivity contribution in [3.8, 4) is 5.75 Å². The lowest BCUT2D eigenvalue weighted by Crippen LogP contribution is -2.04. The minimum Gasteiger partial charge on any atom is -0.489 e. The molecule has 0 aromatic heterocycles. The van der Waals surface area contributed by atoms with Crippen LogP contribution in [0.1, 0.15) is 16.7 Å². The van der Waals surface area contributed by atoms with Crippen molar-refractivity contribution >= 4 is 17.9 Å². The molecule has 0 spiro atoms. The monoisotopic (exact) mass is 355 g/mol. The quantitative estimate of drug-likeness (QED) is 0.496. The van der Waals surface area contributed by atoms with Gasteiger partial charge in [0.1, 0.15) is 12.4 Å². The maximum absolute atomic E-state index is 12.1. The summed E-state index contributed by atoms with van der Waals surface area (Å²) in [6, 6.07) is 26.9. The maximum Gasteiger partial charge on any atom is 0.363 e. The molecule has 0 aliphatic carbocycles. The fraction of sp³-hybridized carbons (Fsp3) is 0.0435. The number of carbonyl (C=O) groups is 1. The van der Waals surface area contributed by atoms with E-state index in [1.165, 1.54) is 0 Å². The van der Waals surface area contributed by atoms with Crippen LogP contribution in [0.3, 0.4) is 0 Å². The number of benzene rings is 3. The van der Waals surface area contributed by atoms with Crippen LogP contribution in [-0.2, 0) is 16.1 Å². The first kappa shape index (κ1) is 16.8.